The number of nitrogens with one attached hydrogen (secondary N) is 1. The summed E-state index contributed by atoms with van der Waals surface area (Å²) in [7, 11) is 0. The summed E-state index contributed by atoms with van der Waals surface area (Å²) in [5, 5.41) is 12.7. The summed E-state index contributed by atoms with van der Waals surface area (Å²) in [4.78, 5) is 0. The van der Waals surface area contributed by atoms with Gasteiger partial charge >= 0.3 is 0 Å². The van der Waals surface area contributed by atoms with Gasteiger partial charge in [-0.05, 0) is 32.7 Å². The van der Waals surface area contributed by atoms with E-state index in [4.69, 9.17) is 0 Å². The van der Waals surface area contributed by atoms with Crippen LogP contribution >= 0.6 is 12.4 Å². The summed E-state index contributed by atoms with van der Waals surface area (Å²) in [6, 6.07) is 0. The highest BCUT2D eigenvalue weighted by Crippen LogP contribution is 2.14. The zero-order valence-electron chi connectivity index (χ0n) is 6.39. The van der Waals surface area contributed by atoms with Gasteiger partial charge in [0.1, 0.15) is 0 Å². The fourth-order valence-corrected chi connectivity index (χ4v) is 1.20. The van der Waals surface area contributed by atoms with Gasteiger partial charge in [0, 0.05) is 6.54 Å². The summed E-state index contributed by atoms with van der Waals surface area (Å²) in [6.07, 6.45) is 3.30. The lowest BCUT2D eigenvalue weighted by Gasteiger charge is -2.19. The van der Waals surface area contributed by atoms with Crippen LogP contribution < -0.4 is 5.32 Å². The molecule has 1 rings (SSSR count). The lowest BCUT2D eigenvalue weighted by Crippen LogP contribution is -2.35. The minimum Gasteiger partial charge on any atom is -0.389 e. The van der Waals surface area contributed by atoms with Crippen LogP contribution in [-0.4, -0.2) is 23.8 Å². The van der Waals surface area contributed by atoms with Crippen LogP contribution in [0.3, 0.4) is 0 Å². The first-order chi connectivity index (χ1) is 4.21. The number of rotatable bonds is 0. The fraction of sp³-hybridized carbons (Fsp3) is 1.00. The first-order valence-electron chi connectivity index (χ1n) is 3.64. The summed E-state index contributed by atoms with van der Waals surface area (Å²) >= 11 is 0. The highest BCUT2D eigenvalue weighted by Gasteiger charge is 2.20. The lowest BCUT2D eigenvalue weighted by atomic mass is 10.0. The normalized spacial score (nSPS) is 34.2. The first kappa shape index (κ1) is 10.2. The Balaban J connectivity index is 0.000000810. The molecule has 1 saturated heterocycles. The van der Waals surface area contributed by atoms with Crippen molar-refractivity contribution in [1.29, 1.82) is 0 Å². The molecule has 62 valence electrons. The molecule has 0 bridgehead atoms. The third-order valence-corrected chi connectivity index (χ3v) is 1.82. The molecule has 0 spiro atoms. The number of β-amino-alcohol motifs (C(OH)–C–C–N with tert-alkyl or cyclic N) is 1. The molecule has 0 saturated carbocycles. The summed E-state index contributed by atoms with van der Waals surface area (Å²) in [6.45, 7) is 3.72. The average Bonchev–Trinajstić information content (AvgIpc) is 1.92. The molecule has 0 radical (unpaired) electrons. The van der Waals surface area contributed by atoms with Gasteiger partial charge in [0.05, 0.1) is 5.60 Å². The monoisotopic (exact) mass is 165 g/mol. The maximum absolute atomic E-state index is 9.49. The van der Waals surface area contributed by atoms with Crippen LogP contribution in [0, 0.1) is 0 Å². The third-order valence-electron chi connectivity index (χ3n) is 1.82. The van der Waals surface area contributed by atoms with Gasteiger partial charge in [0.15, 0.2) is 0 Å². The topological polar surface area (TPSA) is 32.3 Å². The molecule has 2 nitrogen and oxygen atoms in total. The van der Waals surface area contributed by atoms with E-state index < -0.39 is 5.60 Å². The van der Waals surface area contributed by atoms with Crippen LogP contribution in [0.25, 0.3) is 0 Å². The Morgan fingerprint density at radius 1 is 1.40 bits per heavy atom. The highest BCUT2D eigenvalue weighted by molar-refractivity contribution is 5.85. The summed E-state index contributed by atoms with van der Waals surface area (Å²) in [5.74, 6) is 0. The Labute approximate surface area is 68.4 Å². The van der Waals surface area contributed by atoms with Crippen LogP contribution in [-0.2, 0) is 0 Å². The van der Waals surface area contributed by atoms with E-state index in [0.29, 0.717) is 0 Å². The quantitative estimate of drug-likeness (QED) is 0.560. The third kappa shape index (κ3) is 3.40. The fourth-order valence-electron chi connectivity index (χ4n) is 1.20. The van der Waals surface area contributed by atoms with Crippen molar-refractivity contribution >= 4 is 12.4 Å². The summed E-state index contributed by atoms with van der Waals surface area (Å²) < 4.78 is 0. The lowest BCUT2D eigenvalue weighted by molar-refractivity contribution is 0.0560. The Morgan fingerprint density at radius 2 is 2.10 bits per heavy atom. The van der Waals surface area contributed by atoms with Crippen molar-refractivity contribution in [2.75, 3.05) is 13.1 Å². The molecular weight excluding hydrogens is 150 g/mol. The highest BCUT2D eigenvalue weighted by atomic mass is 35.5. The molecule has 2 N–H and O–H groups in total. The molecule has 1 aliphatic rings. The van der Waals surface area contributed by atoms with Crippen molar-refractivity contribution in [1.82, 2.24) is 5.32 Å². The van der Waals surface area contributed by atoms with Gasteiger partial charge in [-0.3, -0.25) is 0 Å². The van der Waals surface area contributed by atoms with Crippen LogP contribution in [0.5, 0.6) is 0 Å². The second-order valence-corrected chi connectivity index (χ2v) is 3.13. The predicted octanol–water partition coefficient (Wildman–Crippen LogP) is 0.933. The Morgan fingerprint density at radius 3 is 2.80 bits per heavy atom. The van der Waals surface area contributed by atoms with Crippen molar-refractivity contribution in [2.24, 2.45) is 0 Å². The molecule has 1 atom stereocenters. The van der Waals surface area contributed by atoms with Crippen molar-refractivity contribution < 1.29 is 5.11 Å². The minimum absolute atomic E-state index is 0. The molecule has 3 heteroatoms. The SMILES string of the molecule is C[C@@]1(O)CCCCNC1.Cl. The second-order valence-electron chi connectivity index (χ2n) is 3.13. The standard InChI is InChI=1S/C7H15NO.ClH/c1-7(9)4-2-3-5-8-6-7;/h8-9H,2-6H2,1H3;1H/t7-;/m1./s1. The zero-order valence-corrected chi connectivity index (χ0v) is 7.21. The molecule has 1 fully saturated rings. The van der Waals surface area contributed by atoms with Crippen LogP contribution in [0.15, 0.2) is 0 Å². The molecule has 1 heterocycles. The van der Waals surface area contributed by atoms with Crippen LogP contribution in [0.1, 0.15) is 26.2 Å². The van der Waals surface area contributed by atoms with E-state index in [1.807, 2.05) is 6.92 Å². The smallest absolute Gasteiger partial charge is 0.0743 e. The zero-order chi connectivity index (χ0) is 6.74. The maximum atomic E-state index is 9.49. The molecule has 0 aromatic heterocycles. The van der Waals surface area contributed by atoms with E-state index in [0.717, 1.165) is 25.9 Å². The van der Waals surface area contributed by atoms with E-state index >= 15 is 0 Å². The molecule has 0 aliphatic carbocycles. The number of aliphatic hydroxyl groups is 1. The Bertz CT molecular complexity index is 85.6. The molecule has 0 aromatic carbocycles. The van der Waals surface area contributed by atoms with Crippen LogP contribution in [0.4, 0.5) is 0 Å². The van der Waals surface area contributed by atoms with E-state index in [2.05, 4.69) is 5.32 Å². The predicted molar refractivity (Wildman–Crippen MR) is 44.6 cm³/mol. The number of hydrogen-bond acceptors (Lipinski definition) is 2. The van der Waals surface area contributed by atoms with Gasteiger partial charge in [0.25, 0.3) is 0 Å². The van der Waals surface area contributed by atoms with Crippen molar-refractivity contribution in [3.05, 3.63) is 0 Å². The second kappa shape index (κ2) is 4.16. The number of halogens is 1. The van der Waals surface area contributed by atoms with Gasteiger partial charge < -0.3 is 10.4 Å². The van der Waals surface area contributed by atoms with Gasteiger partial charge in [-0.25, -0.2) is 0 Å². The van der Waals surface area contributed by atoms with Crippen molar-refractivity contribution in [2.45, 2.75) is 31.8 Å². The van der Waals surface area contributed by atoms with E-state index in [-0.39, 0.29) is 12.4 Å². The minimum atomic E-state index is -0.448. The van der Waals surface area contributed by atoms with Crippen molar-refractivity contribution in [3.63, 3.8) is 0 Å². The summed E-state index contributed by atoms with van der Waals surface area (Å²) in [5.41, 5.74) is -0.448. The average molecular weight is 166 g/mol. The molecule has 0 aromatic rings. The van der Waals surface area contributed by atoms with E-state index in [1.165, 1.54) is 6.42 Å². The molecule has 1 aliphatic heterocycles. The largest absolute Gasteiger partial charge is 0.389 e. The van der Waals surface area contributed by atoms with Gasteiger partial charge in [-0.1, -0.05) is 0 Å². The van der Waals surface area contributed by atoms with Gasteiger partial charge in [-0.2, -0.15) is 0 Å². The van der Waals surface area contributed by atoms with Gasteiger partial charge in [0.2, 0.25) is 0 Å². The Hall–Kier alpha value is 0.210. The Kier molecular flexibility index (Phi) is 4.25. The maximum Gasteiger partial charge on any atom is 0.0743 e. The van der Waals surface area contributed by atoms with Crippen LogP contribution in [0.2, 0.25) is 0 Å². The number of hydrogen-bond donors (Lipinski definition) is 2. The molecule has 0 unspecified atom stereocenters. The van der Waals surface area contributed by atoms with E-state index in [1.54, 1.807) is 0 Å². The molecule has 10 heavy (non-hydrogen) atoms. The molecular formula is C7H16ClNO. The first-order valence-corrected chi connectivity index (χ1v) is 3.64. The van der Waals surface area contributed by atoms with Crippen molar-refractivity contribution in [3.8, 4) is 0 Å². The van der Waals surface area contributed by atoms with E-state index in [9.17, 15) is 5.11 Å². The van der Waals surface area contributed by atoms with Gasteiger partial charge in [-0.15, -0.1) is 12.4 Å². The molecule has 0 amide bonds.